The van der Waals surface area contributed by atoms with Gasteiger partial charge in [0.25, 0.3) is 0 Å². The predicted molar refractivity (Wildman–Crippen MR) is 129 cm³/mol. The zero-order chi connectivity index (χ0) is 23.2. The van der Waals surface area contributed by atoms with Crippen LogP contribution in [0, 0.1) is 0 Å². The van der Waals surface area contributed by atoms with Crippen molar-refractivity contribution in [2.24, 2.45) is 0 Å². The Kier molecular flexibility index (Phi) is 6.69. The first-order chi connectivity index (χ1) is 16.0. The molecule has 3 aromatic carbocycles. The molecule has 33 heavy (non-hydrogen) atoms. The number of hydrogen-bond acceptors (Lipinski definition) is 4. The number of nitrogens with zero attached hydrogens (tertiary/aromatic N) is 1. The van der Waals surface area contributed by atoms with Gasteiger partial charge in [-0.05, 0) is 79.1 Å². The van der Waals surface area contributed by atoms with Crippen molar-refractivity contribution in [1.82, 2.24) is 4.98 Å². The zero-order valence-corrected chi connectivity index (χ0v) is 18.6. The third-order valence-corrected chi connectivity index (χ3v) is 5.00. The molecule has 1 aromatic heterocycles. The molecule has 5 nitrogen and oxygen atoms in total. The molecule has 0 unspecified atom stereocenters. The van der Waals surface area contributed by atoms with Crippen molar-refractivity contribution in [2.75, 3.05) is 0 Å². The van der Waals surface area contributed by atoms with Gasteiger partial charge in [0.1, 0.15) is 23.8 Å². The smallest absolute Gasteiger partial charge is 0.354 e. The maximum absolute atomic E-state index is 11.7. The van der Waals surface area contributed by atoms with E-state index in [9.17, 15) is 9.90 Å². The van der Waals surface area contributed by atoms with Crippen LogP contribution in [-0.4, -0.2) is 22.2 Å². The topological polar surface area (TPSA) is 68.7 Å². The summed E-state index contributed by atoms with van der Waals surface area (Å²) in [5, 5.41) is 9.59. The van der Waals surface area contributed by atoms with Gasteiger partial charge >= 0.3 is 5.97 Å². The third-order valence-electron chi connectivity index (χ3n) is 5.00. The Morgan fingerprint density at radius 2 is 1.45 bits per heavy atom. The molecule has 0 spiro atoms. The summed E-state index contributed by atoms with van der Waals surface area (Å²) in [5.74, 6) is 0.436. The monoisotopic (exact) mass is 439 g/mol. The zero-order valence-electron chi connectivity index (χ0n) is 18.6. The number of rotatable bonds is 8. The largest absolute Gasteiger partial charge is 0.491 e. The van der Waals surface area contributed by atoms with E-state index in [0.717, 1.165) is 33.8 Å². The molecular formula is C28H25NO4. The minimum absolute atomic E-state index is 0.00517. The highest BCUT2D eigenvalue weighted by Gasteiger charge is 2.12. The summed E-state index contributed by atoms with van der Waals surface area (Å²) in [6.45, 7) is 4.42. The molecule has 0 bridgehead atoms. The maximum atomic E-state index is 11.7. The van der Waals surface area contributed by atoms with E-state index in [1.54, 1.807) is 6.07 Å². The van der Waals surface area contributed by atoms with Gasteiger partial charge < -0.3 is 14.6 Å². The molecule has 0 saturated heterocycles. The van der Waals surface area contributed by atoms with E-state index in [1.165, 1.54) is 0 Å². The van der Waals surface area contributed by atoms with Crippen LogP contribution in [0.5, 0.6) is 11.5 Å². The molecule has 0 amide bonds. The van der Waals surface area contributed by atoms with Gasteiger partial charge in [0.2, 0.25) is 0 Å². The lowest BCUT2D eigenvalue weighted by Crippen LogP contribution is -2.05. The number of carboxylic acid groups (broad SMARTS) is 1. The second-order valence-electron chi connectivity index (χ2n) is 7.92. The fourth-order valence-corrected chi connectivity index (χ4v) is 3.42. The van der Waals surface area contributed by atoms with Gasteiger partial charge in [-0.2, -0.15) is 0 Å². The fourth-order valence-electron chi connectivity index (χ4n) is 3.42. The van der Waals surface area contributed by atoms with Crippen LogP contribution in [0.3, 0.4) is 0 Å². The van der Waals surface area contributed by atoms with E-state index >= 15 is 0 Å². The van der Waals surface area contributed by atoms with Gasteiger partial charge in [0.05, 0.1) is 11.8 Å². The summed E-state index contributed by atoms with van der Waals surface area (Å²) in [6, 6.07) is 28.5. The van der Waals surface area contributed by atoms with Gasteiger partial charge in [-0.1, -0.05) is 42.5 Å². The number of pyridine rings is 1. The summed E-state index contributed by atoms with van der Waals surface area (Å²) < 4.78 is 11.6. The standard InChI is InChI=1S/C28H25NO4/c1-19(2)33-25-14-8-21(9-15-25)23-16-26(29-27(17-23)28(30)31)22-10-12-24(13-11-22)32-18-20-6-4-3-5-7-20/h3-17,19H,18H2,1-2H3,(H,30,31). The molecule has 0 aliphatic carbocycles. The normalized spacial score (nSPS) is 10.8. The van der Waals surface area contributed by atoms with Crippen molar-refractivity contribution < 1.29 is 19.4 Å². The van der Waals surface area contributed by atoms with Crippen LogP contribution in [0.1, 0.15) is 29.9 Å². The van der Waals surface area contributed by atoms with Crippen LogP contribution in [-0.2, 0) is 6.61 Å². The van der Waals surface area contributed by atoms with Crippen LogP contribution in [0.4, 0.5) is 0 Å². The van der Waals surface area contributed by atoms with Crippen LogP contribution in [0.15, 0.2) is 91.0 Å². The average molecular weight is 440 g/mol. The lowest BCUT2D eigenvalue weighted by atomic mass is 10.0. The first-order valence-corrected chi connectivity index (χ1v) is 10.8. The highest BCUT2D eigenvalue weighted by molar-refractivity contribution is 5.88. The second kappa shape index (κ2) is 10.0. The summed E-state index contributed by atoms with van der Waals surface area (Å²) >= 11 is 0. The minimum atomic E-state index is -1.07. The molecule has 0 radical (unpaired) electrons. The molecular weight excluding hydrogens is 414 g/mol. The lowest BCUT2D eigenvalue weighted by molar-refractivity contribution is 0.0690. The van der Waals surface area contributed by atoms with Gasteiger partial charge in [-0.15, -0.1) is 0 Å². The molecule has 4 rings (SSSR count). The van der Waals surface area contributed by atoms with Crippen molar-refractivity contribution in [3.63, 3.8) is 0 Å². The summed E-state index contributed by atoms with van der Waals surface area (Å²) in [5.41, 5.74) is 4.15. The van der Waals surface area contributed by atoms with Crippen molar-refractivity contribution in [1.29, 1.82) is 0 Å². The minimum Gasteiger partial charge on any atom is -0.491 e. The van der Waals surface area contributed by atoms with E-state index in [1.807, 2.05) is 98.8 Å². The molecule has 0 atom stereocenters. The molecule has 4 aromatic rings. The average Bonchev–Trinajstić information content (AvgIpc) is 2.83. The molecule has 1 heterocycles. The maximum Gasteiger partial charge on any atom is 0.354 e. The predicted octanol–water partition coefficient (Wildman–Crippen LogP) is 6.48. The Bertz CT molecular complexity index is 1220. The Morgan fingerprint density at radius 1 is 0.818 bits per heavy atom. The summed E-state index contributed by atoms with van der Waals surface area (Å²) in [7, 11) is 0. The van der Waals surface area contributed by atoms with E-state index in [0.29, 0.717) is 12.3 Å². The van der Waals surface area contributed by atoms with Gasteiger partial charge in [-0.3, -0.25) is 0 Å². The number of ether oxygens (including phenoxy) is 2. The summed E-state index contributed by atoms with van der Waals surface area (Å²) in [6.07, 6.45) is 0.0848. The van der Waals surface area contributed by atoms with E-state index in [4.69, 9.17) is 9.47 Å². The second-order valence-corrected chi connectivity index (χ2v) is 7.92. The number of aromatic carboxylic acids is 1. The van der Waals surface area contributed by atoms with Crippen molar-refractivity contribution >= 4 is 5.97 Å². The Morgan fingerprint density at radius 3 is 2.09 bits per heavy atom. The fraction of sp³-hybridized carbons (Fsp3) is 0.143. The lowest BCUT2D eigenvalue weighted by Gasteiger charge is -2.12. The Balaban J connectivity index is 1.58. The molecule has 0 aliphatic rings. The number of benzene rings is 3. The summed E-state index contributed by atoms with van der Waals surface area (Å²) in [4.78, 5) is 16.1. The van der Waals surface area contributed by atoms with E-state index in [2.05, 4.69) is 4.98 Å². The van der Waals surface area contributed by atoms with Crippen LogP contribution in [0.2, 0.25) is 0 Å². The van der Waals surface area contributed by atoms with E-state index < -0.39 is 5.97 Å². The van der Waals surface area contributed by atoms with Crippen LogP contribution < -0.4 is 9.47 Å². The van der Waals surface area contributed by atoms with E-state index in [-0.39, 0.29) is 11.8 Å². The third kappa shape index (κ3) is 5.77. The highest BCUT2D eigenvalue weighted by Crippen LogP contribution is 2.29. The number of carboxylic acids is 1. The van der Waals surface area contributed by atoms with Gasteiger partial charge in [-0.25, -0.2) is 9.78 Å². The molecule has 5 heteroatoms. The van der Waals surface area contributed by atoms with Gasteiger partial charge in [0, 0.05) is 5.56 Å². The molecule has 1 N–H and O–H groups in total. The highest BCUT2D eigenvalue weighted by atomic mass is 16.5. The van der Waals surface area contributed by atoms with Crippen LogP contribution >= 0.6 is 0 Å². The number of carbonyl (C=O) groups is 1. The molecule has 0 saturated carbocycles. The molecule has 166 valence electrons. The van der Waals surface area contributed by atoms with Crippen molar-refractivity contribution in [3.05, 3.63) is 102 Å². The Hall–Kier alpha value is -4.12. The first kappa shape index (κ1) is 22.1. The molecule has 0 aliphatic heterocycles. The van der Waals surface area contributed by atoms with Crippen LogP contribution in [0.25, 0.3) is 22.4 Å². The first-order valence-electron chi connectivity index (χ1n) is 10.8. The molecule has 0 fully saturated rings. The van der Waals surface area contributed by atoms with Crippen molar-refractivity contribution in [2.45, 2.75) is 26.6 Å². The quantitative estimate of drug-likeness (QED) is 0.340. The Labute approximate surface area is 193 Å². The number of hydrogen-bond donors (Lipinski definition) is 1. The number of aromatic nitrogens is 1. The van der Waals surface area contributed by atoms with Crippen molar-refractivity contribution in [3.8, 4) is 33.9 Å². The van der Waals surface area contributed by atoms with Gasteiger partial charge in [0.15, 0.2) is 0 Å². The SMILES string of the molecule is CC(C)Oc1ccc(-c2cc(C(=O)O)nc(-c3ccc(OCc4ccccc4)cc3)c2)cc1.